The quantitative estimate of drug-likeness (QED) is 0.796. The van der Waals surface area contributed by atoms with Crippen molar-refractivity contribution in [1.29, 1.82) is 0 Å². The molecule has 0 unspecified atom stereocenters. The molecule has 2 N–H and O–H groups in total. The van der Waals surface area contributed by atoms with Gasteiger partial charge in [-0.3, -0.25) is 4.79 Å². The van der Waals surface area contributed by atoms with Crippen LogP contribution < -0.4 is 10.6 Å². The van der Waals surface area contributed by atoms with Gasteiger partial charge in [-0.2, -0.15) is 11.8 Å². The molecule has 0 fully saturated rings. The van der Waals surface area contributed by atoms with Crippen molar-refractivity contribution in [1.82, 2.24) is 0 Å². The summed E-state index contributed by atoms with van der Waals surface area (Å²) in [6.07, 6.45) is 4.82. The van der Waals surface area contributed by atoms with Crippen LogP contribution in [0.3, 0.4) is 0 Å². The van der Waals surface area contributed by atoms with Gasteiger partial charge in [-0.1, -0.05) is 31.5 Å². The number of carbonyl (C=O) groups is 1. The molecule has 0 spiro atoms. The summed E-state index contributed by atoms with van der Waals surface area (Å²) in [5.74, 6) is 0.956. The Morgan fingerprint density at radius 2 is 2.05 bits per heavy atom. The van der Waals surface area contributed by atoms with Crippen molar-refractivity contribution in [2.75, 3.05) is 23.5 Å². The number of anilines is 1. The van der Waals surface area contributed by atoms with E-state index in [1.54, 1.807) is 11.8 Å². The van der Waals surface area contributed by atoms with E-state index >= 15 is 0 Å². The number of rotatable bonds is 8. The minimum Gasteiger partial charge on any atom is -0.320 e. The topological polar surface area (TPSA) is 46.3 Å². The van der Waals surface area contributed by atoms with Gasteiger partial charge < -0.3 is 10.6 Å². The summed E-state index contributed by atoms with van der Waals surface area (Å²) in [7, 11) is 0. The van der Waals surface area contributed by atoms with Crippen molar-refractivity contribution in [3.63, 3.8) is 0 Å². The molecule has 1 rings (SSSR count). The Bertz CT molecular complexity index is 370. The zero-order valence-electron chi connectivity index (χ0n) is 11.8. The van der Waals surface area contributed by atoms with Crippen molar-refractivity contribution >= 4 is 23.4 Å². The predicted octanol–water partition coefficient (Wildman–Crippen LogP) is 2.90. The summed E-state index contributed by atoms with van der Waals surface area (Å²) in [4.78, 5) is 14.3. The van der Waals surface area contributed by atoms with Crippen LogP contribution in [-0.4, -0.2) is 30.5 Å². The molecule has 0 saturated heterocycles. The average molecular weight is 280 g/mol. The molecule has 0 aromatic heterocycles. The van der Waals surface area contributed by atoms with E-state index in [1.165, 1.54) is 0 Å². The van der Waals surface area contributed by atoms with Crippen molar-refractivity contribution in [2.45, 2.75) is 32.2 Å². The van der Waals surface area contributed by atoms with Crippen molar-refractivity contribution in [3.8, 4) is 0 Å². The Labute approximate surface area is 120 Å². The third-order valence-corrected chi connectivity index (χ3v) is 3.66. The molecule has 0 aliphatic rings. The first-order valence-electron chi connectivity index (χ1n) is 6.81. The first kappa shape index (κ1) is 16.1. The fourth-order valence-electron chi connectivity index (χ4n) is 1.86. The van der Waals surface area contributed by atoms with Gasteiger partial charge in [-0.25, -0.2) is 0 Å². The summed E-state index contributed by atoms with van der Waals surface area (Å²) in [6, 6.07) is 9.40. The van der Waals surface area contributed by atoms with E-state index in [0.29, 0.717) is 0 Å². The molecule has 1 amide bonds. The SMILES string of the molecule is CCCCN(C(=O)[C@H](N)CCSC)c1ccccc1. The summed E-state index contributed by atoms with van der Waals surface area (Å²) in [5.41, 5.74) is 6.95. The second-order valence-corrected chi connectivity index (χ2v) is 5.55. The lowest BCUT2D eigenvalue weighted by molar-refractivity contribution is -0.119. The minimum atomic E-state index is -0.399. The number of para-hydroxylation sites is 1. The van der Waals surface area contributed by atoms with Crippen LogP contribution in [0.1, 0.15) is 26.2 Å². The molecular formula is C15H24N2OS. The summed E-state index contributed by atoms with van der Waals surface area (Å²) in [6.45, 7) is 2.87. The van der Waals surface area contributed by atoms with E-state index in [1.807, 2.05) is 41.5 Å². The lowest BCUT2D eigenvalue weighted by atomic mass is 10.1. The maximum Gasteiger partial charge on any atom is 0.243 e. The lowest BCUT2D eigenvalue weighted by Crippen LogP contribution is -2.44. The van der Waals surface area contributed by atoms with E-state index in [4.69, 9.17) is 5.73 Å². The molecule has 0 radical (unpaired) electrons. The largest absolute Gasteiger partial charge is 0.320 e. The molecule has 0 heterocycles. The monoisotopic (exact) mass is 280 g/mol. The Kier molecular flexibility index (Phi) is 7.60. The van der Waals surface area contributed by atoms with Gasteiger partial charge in [-0.15, -0.1) is 0 Å². The van der Waals surface area contributed by atoms with E-state index < -0.39 is 6.04 Å². The molecule has 0 bridgehead atoms. The van der Waals surface area contributed by atoms with Gasteiger partial charge in [0.05, 0.1) is 6.04 Å². The summed E-state index contributed by atoms with van der Waals surface area (Å²) >= 11 is 1.72. The van der Waals surface area contributed by atoms with Crippen molar-refractivity contribution in [2.24, 2.45) is 5.73 Å². The van der Waals surface area contributed by atoms with Crippen LogP contribution in [0, 0.1) is 0 Å². The number of benzene rings is 1. The molecule has 3 nitrogen and oxygen atoms in total. The van der Waals surface area contributed by atoms with E-state index in [9.17, 15) is 4.79 Å². The van der Waals surface area contributed by atoms with Crippen LogP contribution in [0.5, 0.6) is 0 Å². The number of nitrogens with zero attached hydrogens (tertiary/aromatic N) is 1. The zero-order valence-corrected chi connectivity index (χ0v) is 12.7. The van der Waals surface area contributed by atoms with Crippen LogP contribution >= 0.6 is 11.8 Å². The van der Waals surface area contributed by atoms with Crippen LogP contribution in [0.2, 0.25) is 0 Å². The highest BCUT2D eigenvalue weighted by molar-refractivity contribution is 7.98. The van der Waals surface area contributed by atoms with Gasteiger partial charge in [0.15, 0.2) is 0 Å². The molecular weight excluding hydrogens is 256 g/mol. The molecule has 1 aromatic rings. The van der Waals surface area contributed by atoms with Crippen LogP contribution in [0.4, 0.5) is 5.69 Å². The molecule has 106 valence electrons. The number of hydrogen-bond donors (Lipinski definition) is 1. The molecule has 0 aliphatic carbocycles. The Morgan fingerprint density at radius 3 is 2.63 bits per heavy atom. The van der Waals surface area contributed by atoms with Gasteiger partial charge in [0.25, 0.3) is 0 Å². The van der Waals surface area contributed by atoms with Crippen molar-refractivity contribution in [3.05, 3.63) is 30.3 Å². The minimum absolute atomic E-state index is 0.0358. The highest BCUT2D eigenvalue weighted by Gasteiger charge is 2.21. The zero-order chi connectivity index (χ0) is 14.1. The first-order chi connectivity index (χ1) is 9.20. The van der Waals surface area contributed by atoms with Gasteiger partial charge in [0, 0.05) is 12.2 Å². The highest BCUT2D eigenvalue weighted by Crippen LogP contribution is 2.16. The molecule has 1 atom stereocenters. The Balaban J connectivity index is 2.76. The number of hydrogen-bond acceptors (Lipinski definition) is 3. The smallest absolute Gasteiger partial charge is 0.243 e. The van der Waals surface area contributed by atoms with Crippen LogP contribution in [0.25, 0.3) is 0 Å². The third-order valence-electron chi connectivity index (χ3n) is 3.02. The molecule has 1 aromatic carbocycles. The van der Waals surface area contributed by atoms with Gasteiger partial charge in [0.2, 0.25) is 5.91 Å². The molecule has 0 aliphatic heterocycles. The molecule has 19 heavy (non-hydrogen) atoms. The number of nitrogens with two attached hydrogens (primary N) is 1. The normalized spacial score (nSPS) is 12.2. The number of thioether (sulfide) groups is 1. The Morgan fingerprint density at radius 1 is 1.37 bits per heavy atom. The fraction of sp³-hybridized carbons (Fsp3) is 0.533. The summed E-state index contributed by atoms with van der Waals surface area (Å²) < 4.78 is 0. The first-order valence-corrected chi connectivity index (χ1v) is 8.21. The maximum absolute atomic E-state index is 12.4. The second kappa shape index (κ2) is 8.99. The number of carbonyl (C=O) groups excluding carboxylic acids is 1. The standard InChI is InChI=1S/C15H24N2OS/c1-3-4-11-17(13-8-6-5-7-9-13)15(18)14(16)10-12-19-2/h5-9,14H,3-4,10-12,16H2,1-2H3/t14-/m1/s1. The van der Waals surface area contributed by atoms with Crippen molar-refractivity contribution < 1.29 is 4.79 Å². The fourth-order valence-corrected chi connectivity index (χ4v) is 2.35. The van der Waals surface area contributed by atoms with E-state index in [0.717, 1.165) is 37.2 Å². The Hall–Kier alpha value is -1.00. The van der Waals surface area contributed by atoms with Gasteiger partial charge in [0.1, 0.15) is 0 Å². The predicted molar refractivity (Wildman–Crippen MR) is 84.7 cm³/mol. The summed E-state index contributed by atoms with van der Waals surface area (Å²) in [5, 5.41) is 0. The van der Waals surface area contributed by atoms with Crippen LogP contribution in [-0.2, 0) is 4.79 Å². The van der Waals surface area contributed by atoms with Gasteiger partial charge >= 0.3 is 0 Å². The number of amides is 1. The lowest BCUT2D eigenvalue weighted by Gasteiger charge is -2.25. The van der Waals surface area contributed by atoms with E-state index in [-0.39, 0.29) is 5.91 Å². The molecule has 4 heteroatoms. The van der Waals surface area contributed by atoms with Gasteiger partial charge in [-0.05, 0) is 37.0 Å². The van der Waals surface area contributed by atoms with E-state index in [2.05, 4.69) is 6.92 Å². The third kappa shape index (κ3) is 5.25. The highest BCUT2D eigenvalue weighted by atomic mass is 32.2. The number of unbranched alkanes of at least 4 members (excludes halogenated alkanes) is 1. The average Bonchev–Trinajstić information content (AvgIpc) is 2.46. The second-order valence-electron chi connectivity index (χ2n) is 4.57. The van der Waals surface area contributed by atoms with Crippen LogP contribution in [0.15, 0.2) is 30.3 Å². The molecule has 0 saturated carbocycles. The maximum atomic E-state index is 12.4.